The first-order valence-corrected chi connectivity index (χ1v) is 6.19. The van der Waals surface area contributed by atoms with Crippen LogP contribution in [0.25, 0.3) is 5.65 Å². The van der Waals surface area contributed by atoms with Crippen molar-refractivity contribution < 1.29 is 0 Å². The fourth-order valence-corrected chi connectivity index (χ4v) is 2.43. The number of rotatable bonds is 2. The first-order valence-electron chi connectivity index (χ1n) is 5.75. The third-order valence-electron chi connectivity index (χ3n) is 3.12. The molecule has 0 bridgehead atoms. The van der Waals surface area contributed by atoms with Crippen LogP contribution in [0.3, 0.4) is 0 Å². The van der Waals surface area contributed by atoms with E-state index < -0.39 is 0 Å². The fraction of sp³-hybridized carbons (Fsp3) is 0.600. The van der Waals surface area contributed by atoms with Gasteiger partial charge in [0.1, 0.15) is 0 Å². The molecule has 0 amide bonds. The zero-order valence-corrected chi connectivity index (χ0v) is 10.0. The smallest absolute Gasteiger partial charge is 0.199 e. The number of alkyl halides is 1. The van der Waals surface area contributed by atoms with Crippen molar-refractivity contribution in [3.05, 3.63) is 12.4 Å². The van der Waals surface area contributed by atoms with E-state index in [9.17, 15) is 0 Å². The average molecular weight is 253 g/mol. The number of hydrogen-bond donors (Lipinski definition) is 1. The van der Waals surface area contributed by atoms with Gasteiger partial charge in [0.25, 0.3) is 0 Å². The SMILES string of the molecule is ClC1CCC(Nc2cncc3nnnn23)CC1. The summed E-state index contributed by atoms with van der Waals surface area (Å²) >= 11 is 6.08. The maximum atomic E-state index is 6.08. The minimum atomic E-state index is 0.329. The summed E-state index contributed by atoms with van der Waals surface area (Å²) in [6, 6.07) is 0.432. The Morgan fingerprint density at radius 3 is 2.88 bits per heavy atom. The number of anilines is 1. The number of fused-ring (bicyclic) bond motifs is 1. The van der Waals surface area contributed by atoms with Gasteiger partial charge in [0.15, 0.2) is 11.5 Å². The van der Waals surface area contributed by atoms with Crippen molar-refractivity contribution in [2.75, 3.05) is 5.32 Å². The van der Waals surface area contributed by atoms with E-state index in [1.165, 1.54) is 0 Å². The maximum absolute atomic E-state index is 6.08. The molecule has 90 valence electrons. The standard InChI is InChI=1S/C10H13ClN6/c11-7-1-3-8(4-2-7)13-9-5-12-6-10-14-15-16-17(9)10/h5-8,13H,1-4H2. The Hall–Kier alpha value is -1.43. The molecule has 2 aromatic rings. The predicted molar refractivity (Wildman–Crippen MR) is 64.1 cm³/mol. The van der Waals surface area contributed by atoms with E-state index in [4.69, 9.17) is 11.6 Å². The highest BCUT2D eigenvalue weighted by Crippen LogP contribution is 2.25. The van der Waals surface area contributed by atoms with Gasteiger partial charge in [-0.05, 0) is 36.1 Å². The van der Waals surface area contributed by atoms with Crippen molar-refractivity contribution in [2.24, 2.45) is 0 Å². The molecule has 1 saturated carbocycles. The summed E-state index contributed by atoms with van der Waals surface area (Å²) in [6.07, 6.45) is 7.65. The van der Waals surface area contributed by atoms with Gasteiger partial charge in [-0.3, -0.25) is 4.98 Å². The molecule has 0 unspecified atom stereocenters. The molecule has 0 aromatic carbocycles. The lowest BCUT2D eigenvalue weighted by Gasteiger charge is -2.26. The quantitative estimate of drug-likeness (QED) is 0.820. The lowest BCUT2D eigenvalue weighted by atomic mass is 9.95. The summed E-state index contributed by atoms with van der Waals surface area (Å²) in [5.74, 6) is 0.838. The molecule has 0 saturated heterocycles. The van der Waals surface area contributed by atoms with E-state index in [1.54, 1.807) is 16.9 Å². The fourth-order valence-electron chi connectivity index (χ4n) is 2.18. The number of halogens is 1. The third kappa shape index (κ3) is 2.17. The summed E-state index contributed by atoms with van der Waals surface area (Å²) in [6.45, 7) is 0. The molecule has 1 N–H and O–H groups in total. The lowest BCUT2D eigenvalue weighted by molar-refractivity contribution is 0.466. The van der Waals surface area contributed by atoms with Crippen molar-refractivity contribution in [3.63, 3.8) is 0 Å². The van der Waals surface area contributed by atoms with Crippen LogP contribution in [-0.2, 0) is 0 Å². The summed E-state index contributed by atoms with van der Waals surface area (Å²) in [4.78, 5) is 4.11. The van der Waals surface area contributed by atoms with E-state index in [0.29, 0.717) is 17.1 Å². The Kier molecular flexibility index (Phi) is 2.80. The maximum Gasteiger partial charge on any atom is 0.199 e. The van der Waals surface area contributed by atoms with Crippen molar-refractivity contribution in [1.82, 2.24) is 25.0 Å². The van der Waals surface area contributed by atoms with Gasteiger partial charge >= 0.3 is 0 Å². The van der Waals surface area contributed by atoms with Gasteiger partial charge < -0.3 is 5.32 Å². The lowest BCUT2D eigenvalue weighted by Crippen LogP contribution is -2.27. The second kappa shape index (κ2) is 4.44. The topological polar surface area (TPSA) is 68.0 Å². The molecular formula is C10H13ClN6. The molecule has 2 heterocycles. The van der Waals surface area contributed by atoms with Gasteiger partial charge in [0, 0.05) is 11.4 Å². The number of nitrogens with one attached hydrogen (secondary N) is 1. The molecule has 1 aliphatic rings. The minimum Gasteiger partial charge on any atom is -0.366 e. The highest BCUT2D eigenvalue weighted by molar-refractivity contribution is 6.20. The Bertz CT molecular complexity index is 504. The zero-order chi connectivity index (χ0) is 11.7. The van der Waals surface area contributed by atoms with Crippen LogP contribution in [0, 0.1) is 0 Å². The average Bonchev–Trinajstić information content (AvgIpc) is 2.81. The van der Waals surface area contributed by atoms with E-state index in [-0.39, 0.29) is 0 Å². The van der Waals surface area contributed by atoms with Crippen LogP contribution in [0.15, 0.2) is 12.4 Å². The van der Waals surface area contributed by atoms with Crippen LogP contribution in [0.2, 0.25) is 0 Å². The Morgan fingerprint density at radius 1 is 1.24 bits per heavy atom. The van der Waals surface area contributed by atoms with Crippen LogP contribution < -0.4 is 5.32 Å². The van der Waals surface area contributed by atoms with E-state index >= 15 is 0 Å². The Labute approximate surface area is 103 Å². The van der Waals surface area contributed by atoms with Gasteiger partial charge in [-0.2, -0.15) is 4.52 Å². The van der Waals surface area contributed by atoms with Crippen molar-refractivity contribution >= 4 is 23.1 Å². The van der Waals surface area contributed by atoms with Crippen LogP contribution in [0.1, 0.15) is 25.7 Å². The molecule has 2 aromatic heterocycles. The molecule has 1 aliphatic carbocycles. The number of hydrogen-bond acceptors (Lipinski definition) is 5. The van der Waals surface area contributed by atoms with E-state index in [0.717, 1.165) is 31.5 Å². The molecule has 0 radical (unpaired) electrons. The van der Waals surface area contributed by atoms with E-state index in [2.05, 4.69) is 25.8 Å². The summed E-state index contributed by atoms with van der Waals surface area (Å²) in [5.41, 5.74) is 0.654. The summed E-state index contributed by atoms with van der Waals surface area (Å²) in [5, 5.41) is 15.2. The molecule has 17 heavy (non-hydrogen) atoms. The van der Waals surface area contributed by atoms with Crippen molar-refractivity contribution in [3.8, 4) is 0 Å². The number of nitrogens with zero attached hydrogens (tertiary/aromatic N) is 5. The molecule has 0 spiro atoms. The van der Waals surface area contributed by atoms with Crippen LogP contribution in [0.4, 0.5) is 5.82 Å². The number of aromatic nitrogens is 5. The first kappa shape index (κ1) is 10.7. The molecule has 0 aliphatic heterocycles. The molecule has 0 atom stereocenters. The molecular weight excluding hydrogens is 240 g/mol. The first-order chi connectivity index (χ1) is 8.33. The third-order valence-corrected chi connectivity index (χ3v) is 3.55. The van der Waals surface area contributed by atoms with Gasteiger partial charge in [-0.15, -0.1) is 16.7 Å². The van der Waals surface area contributed by atoms with Crippen LogP contribution in [0.5, 0.6) is 0 Å². The predicted octanol–water partition coefficient (Wildman–Crippen LogP) is 1.48. The monoisotopic (exact) mass is 252 g/mol. The molecule has 7 heteroatoms. The van der Waals surface area contributed by atoms with Gasteiger partial charge in [-0.1, -0.05) is 0 Å². The van der Waals surface area contributed by atoms with Gasteiger partial charge in [0.2, 0.25) is 0 Å². The van der Waals surface area contributed by atoms with Crippen molar-refractivity contribution in [2.45, 2.75) is 37.1 Å². The second-order valence-electron chi connectivity index (χ2n) is 4.33. The highest BCUT2D eigenvalue weighted by atomic mass is 35.5. The molecule has 1 fully saturated rings. The number of tetrazole rings is 1. The highest BCUT2D eigenvalue weighted by Gasteiger charge is 2.20. The van der Waals surface area contributed by atoms with Crippen LogP contribution in [-0.4, -0.2) is 36.4 Å². The van der Waals surface area contributed by atoms with Gasteiger partial charge in [-0.25, -0.2) is 0 Å². The Balaban J connectivity index is 1.78. The Morgan fingerprint density at radius 2 is 2.06 bits per heavy atom. The summed E-state index contributed by atoms with van der Waals surface area (Å²) in [7, 11) is 0. The van der Waals surface area contributed by atoms with E-state index in [1.807, 2.05) is 0 Å². The largest absolute Gasteiger partial charge is 0.366 e. The van der Waals surface area contributed by atoms with Gasteiger partial charge in [0.05, 0.1) is 12.4 Å². The second-order valence-corrected chi connectivity index (χ2v) is 4.95. The molecule has 6 nitrogen and oxygen atoms in total. The minimum absolute atomic E-state index is 0.329. The summed E-state index contributed by atoms with van der Waals surface area (Å²) < 4.78 is 1.67. The normalized spacial score (nSPS) is 25.0. The van der Waals surface area contributed by atoms with Crippen LogP contribution >= 0.6 is 11.6 Å². The van der Waals surface area contributed by atoms with Crippen molar-refractivity contribution in [1.29, 1.82) is 0 Å². The zero-order valence-electron chi connectivity index (χ0n) is 9.25. The molecule has 3 rings (SSSR count).